The molecule has 0 bridgehead atoms. The van der Waals surface area contributed by atoms with E-state index >= 15 is 0 Å². The summed E-state index contributed by atoms with van der Waals surface area (Å²) >= 11 is 0. The minimum Gasteiger partial charge on any atom is -0.463 e. The van der Waals surface area contributed by atoms with Crippen molar-refractivity contribution >= 4 is 23.7 Å². The number of aromatic nitrogens is 3. The van der Waals surface area contributed by atoms with Gasteiger partial charge < -0.3 is 10.1 Å². The number of hydrogen-bond donors (Lipinski definition) is 1. The van der Waals surface area contributed by atoms with E-state index in [-0.39, 0.29) is 5.97 Å². The number of benzene rings is 2. The molecule has 0 amide bonds. The van der Waals surface area contributed by atoms with Crippen molar-refractivity contribution in [3.05, 3.63) is 89.8 Å². The summed E-state index contributed by atoms with van der Waals surface area (Å²) in [7, 11) is 0. The van der Waals surface area contributed by atoms with Crippen LogP contribution in [0, 0.1) is 0 Å². The molecule has 1 aliphatic rings. The molecule has 2 aromatic carbocycles. The summed E-state index contributed by atoms with van der Waals surface area (Å²) in [5.74, 6) is 0.201. The number of rotatable bonds is 5. The number of anilines is 1. The minimum absolute atomic E-state index is 0.295. The predicted octanol–water partition coefficient (Wildman–Crippen LogP) is 3.93. The number of nitrogens with one attached hydrogen (secondary N) is 1. The highest BCUT2D eigenvalue weighted by molar-refractivity contribution is 6.02. The van der Waals surface area contributed by atoms with Gasteiger partial charge in [-0.15, -0.1) is 0 Å². The van der Waals surface area contributed by atoms with Crippen LogP contribution < -0.4 is 5.32 Å². The molecule has 1 aromatic heterocycles. The zero-order chi connectivity index (χ0) is 19.3. The van der Waals surface area contributed by atoms with E-state index in [9.17, 15) is 4.79 Å². The highest BCUT2D eigenvalue weighted by atomic mass is 16.5. The number of esters is 1. The second-order valence-electron chi connectivity index (χ2n) is 6.24. The maximum absolute atomic E-state index is 12.9. The molecule has 140 valence electrons. The number of carbonyl (C=O) groups is 1. The minimum atomic E-state index is -0.437. The Bertz CT molecular complexity index is 1020. The molecule has 3 aromatic rings. The van der Waals surface area contributed by atoms with Crippen molar-refractivity contribution in [3.8, 4) is 0 Å². The zero-order valence-corrected chi connectivity index (χ0v) is 15.4. The van der Waals surface area contributed by atoms with Crippen molar-refractivity contribution in [2.45, 2.75) is 13.0 Å². The van der Waals surface area contributed by atoms with Crippen LogP contribution in [0.2, 0.25) is 0 Å². The number of carbonyl (C=O) groups excluding carboxylic acids is 1. The summed E-state index contributed by atoms with van der Waals surface area (Å²) in [4.78, 5) is 17.2. The van der Waals surface area contributed by atoms with Crippen molar-refractivity contribution in [1.29, 1.82) is 0 Å². The maximum atomic E-state index is 12.9. The lowest BCUT2D eigenvalue weighted by Crippen LogP contribution is -2.28. The standard InChI is InChI=1S/C22H20N4O2/c1-2-28-21(27)19-18(14-13-16-9-5-3-6-10-16)26-22(23-15-24-26)25-20(19)17-11-7-4-8-12-17/h3-15,18H,2H2,1H3,(H,23,24,25)/b14-13+/t18-/m1/s1. The fourth-order valence-electron chi connectivity index (χ4n) is 3.20. The van der Waals surface area contributed by atoms with Gasteiger partial charge in [-0.3, -0.25) is 0 Å². The van der Waals surface area contributed by atoms with Gasteiger partial charge in [0.1, 0.15) is 12.4 Å². The Balaban J connectivity index is 1.85. The highest BCUT2D eigenvalue weighted by Gasteiger charge is 2.33. The van der Waals surface area contributed by atoms with Crippen molar-refractivity contribution in [3.63, 3.8) is 0 Å². The van der Waals surface area contributed by atoms with Gasteiger partial charge in [-0.2, -0.15) is 10.1 Å². The Hall–Kier alpha value is -3.67. The third-order valence-electron chi connectivity index (χ3n) is 4.47. The van der Waals surface area contributed by atoms with Crippen molar-refractivity contribution in [2.75, 3.05) is 11.9 Å². The molecular weight excluding hydrogens is 352 g/mol. The molecule has 0 aliphatic carbocycles. The summed E-state index contributed by atoms with van der Waals surface area (Å²) in [6, 6.07) is 19.2. The fraction of sp³-hybridized carbons (Fsp3) is 0.136. The maximum Gasteiger partial charge on any atom is 0.338 e. The zero-order valence-electron chi connectivity index (χ0n) is 15.4. The SMILES string of the molecule is CCOC(=O)C1=C(c2ccccc2)Nc2ncnn2[C@@H]1/C=C/c1ccccc1. The van der Waals surface area contributed by atoms with Crippen LogP contribution in [-0.4, -0.2) is 27.3 Å². The van der Waals surface area contributed by atoms with E-state index in [0.717, 1.165) is 11.1 Å². The summed E-state index contributed by atoms with van der Waals surface area (Å²) in [6.07, 6.45) is 5.40. The second kappa shape index (κ2) is 7.92. The third-order valence-corrected chi connectivity index (χ3v) is 4.47. The molecule has 0 unspecified atom stereocenters. The first-order chi connectivity index (χ1) is 13.8. The first-order valence-electron chi connectivity index (χ1n) is 9.14. The number of fused-ring (bicyclic) bond motifs is 1. The molecule has 28 heavy (non-hydrogen) atoms. The lowest BCUT2D eigenvalue weighted by molar-refractivity contribution is -0.138. The summed E-state index contributed by atoms with van der Waals surface area (Å²) < 4.78 is 7.07. The average Bonchev–Trinajstić information content (AvgIpc) is 3.21. The van der Waals surface area contributed by atoms with Gasteiger partial charge in [-0.25, -0.2) is 9.48 Å². The fourth-order valence-corrected chi connectivity index (χ4v) is 3.20. The van der Waals surface area contributed by atoms with E-state index in [0.29, 0.717) is 23.8 Å². The van der Waals surface area contributed by atoms with Gasteiger partial charge in [-0.05, 0) is 18.1 Å². The molecule has 0 radical (unpaired) electrons. The van der Waals surface area contributed by atoms with E-state index < -0.39 is 6.04 Å². The van der Waals surface area contributed by atoms with Crippen LogP contribution in [0.4, 0.5) is 5.95 Å². The van der Waals surface area contributed by atoms with Crippen LogP contribution in [0.3, 0.4) is 0 Å². The van der Waals surface area contributed by atoms with Crippen LogP contribution in [0.1, 0.15) is 24.1 Å². The van der Waals surface area contributed by atoms with E-state index in [1.165, 1.54) is 6.33 Å². The van der Waals surface area contributed by atoms with Crippen molar-refractivity contribution in [1.82, 2.24) is 14.8 Å². The lowest BCUT2D eigenvalue weighted by Gasteiger charge is -2.27. The van der Waals surface area contributed by atoms with Gasteiger partial charge in [-0.1, -0.05) is 72.8 Å². The molecular formula is C22H20N4O2. The van der Waals surface area contributed by atoms with Gasteiger partial charge in [0.2, 0.25) is 5.95 Å². The molecule has 0 spiro atoms. The first-order valence-corrected chi connectivity index (χ1v) is 9.14. The Kier molecular flexibility index (Phi) is 5.01. The Morgan fingerprint density at radius 2 is 1.86 bits per heavy atom. The molecule has 4 rings (SSSR count). The van der Waals surface area contributed by atoms with E-state index in [2.05, 4.69) is 15.4 Å². The van der Waals surface area contributed by atoms with Gasteiger partial charge in [0.25, 0.3) is 0 Å². The van der Waals surface area contributed by atoms with E-state index in [4.69, 9.17) is 4.74 Å². The summed E-state index contributed by atoms with van der Waals surface area (Å²) in [6.45, 7) is 2.09. The normalized spacial score (nSPS) is 16.0. The third kappa shape index (κ3) is 3.44. The molecule has 1 atom stereocenters. The number of nitrogens with zero attached hydrogens (tertiary/aromatic N) is 3. The topological polar surface area (TPSA) is 69.0 Å². The van der Waals surface area contributed by atoms with Crippen LogP contribution in [0.5, 0.6) is 0 Å². The Morgan fingerprint density at radius 3 is 2.57 bits per heavy atom. The van der Waals surface area contributed by atoms with E-state index in [1.807, 2.05) is 72.8 Å². The molecule has 2 heterocycles. The average molecular weight is 372 g/mol. The van der Waals surface area contributed by atoms with Crippen LogP contribution in [0.15, 0.2) is 78.6 Å². The molecule has 1 aliphatic heterocycles. The van der Waals surface area contributed by atoms with Crippen LogP contribution in [0.25, 0.3) is 11.8 Å². The highest BCUT2D eigenvalue weighted by Crippen LogP contribution is 2.36. The van der Waals surface area contributed by atoms with Gasteiger partial charge in [0.05, 0.1) is 17.9 Å². The quantitative estimate of drug-likeness (QED) is 0.687. The number of allylic oxidation sites excluding steroid dienone is 1. The Morgan fingerprint density at radius 1 is 1.14 bits per heavy atom. The Labute approximate surface area is 163 Å². The van der Waals surface area contributed by atoms with Crippen molar-refractivity contribution in [2.24, 2.45) is 0 Å². The first kappa shape index (κ1) is 17.7. The van der Waals surface area contributed by atoms with Crippen LogP contribution >= 0.6 is 0 Å². The van der Waals surface area contributed by atoms with E-state index in [1.54, 1.807) is 11.6 Å². The largest absolute Gasteiger partial charge is 0.463 e. The molecule has 0 saturated heterocycles. The number of ether oxygens (including phenoxy) is 1. The predicted molar refractivity (Wildman–Crippen MR) is 108 cm³/mol. The van der Waals surface area contributed by atoms with Gasteiger partial charge >= 0.3 is 5.97 Å². The summed E-state index contributed by atoms with van der Waals surface area (Å²) in [5, 5.41) is 7.57. The number of hydrogen-bond acceptors (Lipinski definition) is 5. The van der Waals surface area contributed by atoms with Gasteiger partial charge in [0, 0.05) is 0 Å². The smallest absolute Gasteiger partial charge is 0.338 e. The molecule has 1 N–H and O–H groups in total. The second-order valence-corrected chi connectivity index (χ2v) is 6.24. The van der Waals surface area contributed by atoms with Crippen molar-refractivity contribution < 1.29 is 9.53 Å². The molecule has 0 saturated carbocycles. The molecule has 0 fully saturated rings. The van der Waals surface area contributed by atoms with Gasteiger partial charge in [0.15, 0.2) is 0 Å². The lowest BCUT2D eigenvalue weighted by atomic mass is 9.97. The monoisotopic (exact) mass is 372 g/mol. The summed E-state index contributed by atoms with van der Waals surface area (Å²) in [5.41, 5.74) is 3.10. The molecule has 6 nitrogen and oxygen atoms in total. The van der Waals surface area contributed by atoms with Crippen LogP contribution in [-0.2, 0) is 9.53 Å². The molecule has 6 heteroatoms.